The standard InChI is InChI=1S/C26H32N2O4/c1-4-5-18-12-16(2)22(17(3)13-18)23-20(29)14-26(15-21(23)30)8-10-28(11-9-26)25(32)24(31)27-19-6-7-19/h12-13,19-20,23,29H,6-11,14-15H2,1-3H3,(H,27,31). The summed E-state index contributed by atoms with van der Waals surface area (Å²) in [6, 6.07) is 4.13. The van der Waals surface area contributed by atoms with Crippen LogP contribution in [0.1, 0.15) is 73.6 Å². The molecule has 2 aliphatic carbocycles. The lowest BCUT2D eigenvalue weighted by atomic mass is 9.62. The fraction of sp³-hybridized carbons (Fsp3) is 0.577. The highest BCUT2D eigenvalue weighted by Gasteiger charge is 2.48. The third-order valence-electron chi connectivity index (χ3n) is 7.32. The summed E-state index contributed by atoms with van der Waals surface area (Å²) in [6.45, 7) is 6.65. The smallest absolute Gasteiger partial charge is 0.311 e. The molecule has 1 aromatic carbocycles. The molecule has 6 heteroatoms. The highest BCUT2D eigenvalue weighted by atomic mass is 16.3. The van der Waals surface area contributed by atoms with Crippen molar-refractivity contribution in [1.82, 2.24) is 10.2 Å². The first-order valence-corrected chi connectivity index (χ1v) is 11.6. The fourth-order valence-electron chi connectivity index (χ4n) is 5.55. The van der Waals surface area contributed by atoms with Crippen molar-refractivity contribution in [3.05, 3.63) is 34.4 Å². The van der Waals surface area contributed by atoms with Crippen LogP contribution in [0.5, 0.6) is 0 Å². The molecule has 1 aliphatic heterocycles. The lowest BCUT2D eigenvalue weighted by Gasteiger charge is -2.47. The summed E-state index contributed by atoms with van der Waals surface area (Å²) < 4.78 is 0. The third kappa shape index (κ3) is 4.45. The number of carbonyl (C=O) groups is 3. The van der Waals surface area contributed by atoms with Gasteiger partial charge in [0.1, 0.15) is 5.78 Å². The van der Waals surface area contributed by atoms with E-state index in [4.69, 9.17) is 0 Å². The maximum atomic E-state index is 13.3. The molecule has 4 rings (SSSR count). The van der Waals surface area contributed by atoms with Crippen molar-refractivity contribution in [3.8, 4) is 11.8 Å². The molecule has 32 heavy (non-hydrogen) atoms. The van der Waals surface area contributed by atoms with Gasteiger partial charge in [-0.2, -0.15) is 0 Å². The molecule has 2 saturated carbocycles. The molecule has 2 amide bonds. The molecular weight excluding hydrogens is 404 g/mol. The SMILES string of the molecule is CC#Cc1cc(C)c(C2C(=O)CC3(CCN(C(=O)C(=O)NC4CC4)CC3)CC2O)c(C)c1. The van der Waals surface area contributed by atoms with Gasteiger partial charge < -0.3 is 15.3 Å². The predicted octanol–water partition coefficient (Wildman–Crippen LogP) is 2.37. The van der Waals surface area contributed by atoms with Crippen LogP contribution in [0.25, 0.3) is 0 Å². The Labute approximate surface area is 189 Å². The monoisotopic (exact) mass is 436 g/mol. The predicted molar refractivity (Wildman–Crippen MR) is 121 cm³/mol. The molecule has 0 aromatic heterocycles. The first kappa shape index (κ1) is 22.5. The quantitative estimate of drug-likeness (QED) is 0.551. The van der Waals surface area contributed by atoms with Crippen molar-refractivity contribution in [2.24, 2.45) is 5.41 Å². The van der Waals surface area contributed by atoms with Crippen LogP contribution in [0, 0.1) is 31.1 Å². The van der Waals surface area contributed by atoms with Gasteiger partial charge in [0.15, 0.2) is 0 Å². The number of rotatable bonds is 2. The number of likely N-dealkylation sites (tertiary alicyclic amines) is 1. The molecule has 1 saturated heterocycles. The van der Waals surface area contributed by atoms with Crippen LogP contribution < -0.4 is 5.32 Å². The molecular formula is C26H32N2O4. The number of hydrogen-bond acceptors (Lipinski definition) is 4. The van der Waals surface area contributed by atoms with Gasteiger partial charge in [0.2, 0.25) is 0 Å². The molecule has 2 atom stereocenters. The number of carbonyl (C=O) groups excluding carboxylic acids is 3. The van der Waals surface area contributed by atoms with Gasteiger partial charge in [-0.25, -0.2) is 0 Å². The Kier molecular flexibility index (Phi) is 6.13. The molecule has 3 fully saturated rings. The normalized spacial score (nSPS) is 24.6. The number of ketones is 1. The summed E-state index contributed by atoms with van der Waals surface area (Å²) in [6.07, 6.45) is 3.34. The van der Waals surface area contributed by atoms with Gasteiger partial charge in [0.25, 0.3) is 0 Å². The van der Waals surface area contributed by atoms with Crippen LogP contribution in [-0.4, -0.2) is 52.8 Å². The van der Waals surface area contributed by atoms with Crippen LogP contribution in [0.3, 0.4) is 0 Å². The summed E-state index contributed by atoms with van der Waals surface area (Å²) in [7, 11) is 0. The Balaban J connectivity index is 1.44. The number of benzene rings is 1. The highest BCUT2D eigenvalue weighted by Crippen LogP contribution is 2.48. The van der Waals surface area contributed by atoms with E-state index < -0.39 is 23.8 Å². The number of Topliss-reactive ketones (excluding diaryl/α,β-unsaturated/α-hetero) is 1. The fourth-order valence-corrected chi connectivity index (χ4v) is 5.55. The van der Waals surface area contributed by atoms with Gasteiger partial charge in [-0.15, -0.1) is 5.92 Å². The molecule has 6 nitrogen and oxygen atoms in total. The van der Waals surface area contributed by atoms with Gasteiger partial charge in [-0.1, -0.05) is 5.92 Å². The van der Waals surface area contributed by atoms with Crippen LogP contribution in [-0.2, 0) is 14.4 Å². The van der Waals surface area contributed by atoms with Gasteiger partial charge >= 0.3 is 11.8 Å². The minimum atomic E-state index is -0.753. The van der Waals surface area contributed by atoms with Crippen molar-refractivity contribution in [2.75, 3.05) is 13.1 Å². The lowest BCUT2D eigenvalue weighted by Crippen LogP contribution is -2.52. The number of aryl methyl sites for hydroxylation is 2. The minimum Gasteiger partial charge on any atom is -0.392 e. The summed E-state index contributed by atoms with van der Waals surface area (Å²) in [5, 5.41) is 13.9. The molecule has 1 aromatic rings. The zero-order valence-corrected chi connectivity index (χ0v) is 19.2. The Hall–Kier alpha value is -2.65. The second kappa shape index (κ2) is 8.71. The van der Waals surface area contributed by atoms with Crippen LogP contribution >= 0.6 is 0 Å². The van der Waals surface area contributed by atoms with E-state index in [2.05, 4.69) is 17.2 Å². The number of nitrogens with one attached hydrogen (secondary N) is 1. The summed E-state index contributed by atoms with van der Waals surface area (Å²) in [5.41, 5.74) is 3.51. The summed E-state index contributed by atoms with van der Waals surface area (Å²) in [5.74, 6) is 4.51. The van der Waals surface area contributed by atoms with Crippen molar-refractivity contribution in [2.45, 2.75) is 77.4 Å². The molecule has 1 heterocycles. The van der Waals surface area contributed by atoms with E-state index in [-0.39, 0.29) is 17.2 Å². The largest absolute Gasteiger partial charge is 0.392 e. The number of hydrogen-bond donors (Lipinski definition) is 2. The number of piperidine rings is 1. The van der Waals surface area contributed by atoms with E-state index in [1.54, 1.807) is 11.8 Å². The first-order valence-electron chi connectivity index (χ1n) is 11.6. The molecule has 3 aliphatic rings. The third-order valence-corrected chi connectivity index (χ3v) is 7.32. The second-order valence-corrected chi connectivity index (χ2v) is 9.83. The van der Waals surface area contributed by atoms with E-state index in [1.165, 1.54) is 0 Å². The first-order chi connectivity index (χ1) is 15.2. The molecule has 1 spiro atoms. The Morgan fingerprint density at radius 1 is 1.16 bits per heavy atom. The van der Waals surface area contributed by atoms with Crippen LogP contribution in [0.15, 0.2) is 12.1 Å². The maximum Gasteiger partial charge on any atom is 0.311 e. The molecule has 2 unspecified atom stereocenters. The van der Waals surface area contributed by atoms with Gasteiger partial charge in [-0.05, 0) is 87.1 Å². The topological polar surface area (TPSA) is 86.7 Å². The highest BCUT2D eigenvalue weighted by molar-refractivity contribution is 6.35. The van der Waals surface area contributed by atoms with E-state index in [1.807, 2.05) is 26.0 Å². The molecule has 170 valence electrons. The van der Waals surface area contributed by atoms with Gasteiger partial charge in [0, 0.05) is 31.1 Å². The molecule has 2 N–H and O–H groups in total. The molecule has 0 bridgehead atoms. The minimum absolute atomic E-state index is 0.0653. The zero-order chi connectivity index (χ0) is 23.0. The Morgan fingerprint density at radius 2 is 1.78 bits per heavy atom. The second-order valence-electron chi connectivity index (χ2n) is 9.83. The summed E-state index contributed by atoms with van der Waals surface area (Å²) in [4.78, 5) is 39.4. The zero-order valence-electron chi connectivity index (χ0n) is 19.2. The van der Waals surface area contributed by atoms with E-state index in [0.29, 0.717) is 38.8 Å². The average molecular weight is 437 g/mol. The number of nitrogens with zero attached hydrogens (tertiary/aromatic N) is 1. The Morgan fingerprint density at radius 3 is 2.31 bits per heavy atom. The lowest BCUT2D eigenvalue weighted by molar-refractivity contribution is -0.148. The maximum absolute atomic E-state index is 13.3. The van der Waals surface area contributed by atoms with E-state index in [9.17, 15) is 19.5 Å². The van der Waals surface area contributed by atoms with Crippen molar-refractivity contribution >= 4 is 17.6 Å². The van der Waals surface area contributed by atoms with E-state index in [0.717, 1.165) is 35.1 Å². The number of amides is 2. The average Bonchev–Trinajstić information content (AvgIpc) is 3.54. The number of aliphatic hydroxyl groups excluding tert-OH is 1. The number of aliphatic hydroxyl groups is 1. The summed E-state index contributed by atoms with van der Waals surface area (Å²) >= 11 is 0. The molecule has 0 radical (unpaired) electrons. The van der Waals surface area contributed by atoms with Crippen molar-refractivity contribution in [3.63, 3.8) is 0 Å². The van der Waals surface area contributed by atoms with Crippen molar-refractivity contribution < 1.29 is 19.5 Å². The van der Waals surface area contributed by atoms with Crippen LogP contribution in [0.2, 0.25) is 0 Å². The van der Waals surface area contributed by atoms with Crippen molar-refractivity contribution in [1.29, 1.82) is 0 Å². The van der Waals surface area contributed by atoms with Crippen LogP contribution in [0.4, 0.5) is 0 Å². The Bertz CT molecular complexity index is 983. The van der Waals surface area contributed by atoms with E-state index >= 15 is 0 Å². The van der Waals surface area contributed by atoms with Gasteiger partial charge in [-0.3, -0.25) is 14.4 Å². The van der Waals surface area contributed by atoms with Gasteiger partial charge in [0.05, 0.1) is 12.0 Å².